The van der Waals surface area contributed by atoms with Gasteiger partial charge in [0.1, 0.15) is 17.2 Å². The number of carbonyl (C=O) groups is 1. The van der Waals surface area contributed by atoms with Crippen molar-refractivity contribution >= 4 is 28.5 Å². The van der Waals surface area contributed by atoms with Crippen molar-refractivity contribution in [3.8, 4) is 5.75 Å². The SMILES string of the molecule is CC(=O)Oc1ccc2c(Cl)ncnc2c1. The zero-order valence-corrected chi connectivity index (χ0v) is 8.65. The molecule has 0 spiro atoms. The molecule has 2 aromatic rings. The fourth-order valence-electron chi connectivity index (χ4n) is 1.23. The number of hydrogen-bond donors (Lipinski definition) is 0. The standard InChI is InChI=1S/C10H7ClN2O2/c1-6(14)15-7-2-3-8-9(4-7)12-5-13-10(8)11/h2-5H,1H3. The van der Waals surface area contributed by atoms with Crippen molar-refractivity contribution in [1.29, 1.82) is 0 Å². The second kappa shape index (κ2) is 3.82. The average molecular weight is 223 g/mol. The number of esters is 1. The van der Waals surface area contributed by atoms with Crippen LogP contribution in [-0.2, 0) is 4.79 Å². The van der Waals surface area contributed by atoms with Crippen LogP contribution in [0, 0.1) is 0 Å². The number of carbonyl (C=O) groups excluding carboxylic acids is 1. The summed E-state index contributed by atoms with van der Waals surface area (Å²) in [6.45, 7) is 1.34. The average Bonchev–Trinajstić information content (AvgIpc) is 2.17. The highest BCUT2D eigenvalue weighted by atomic mass is 35.5. The van der Waals surface area contributed by atoms with E-state index in [1.807, 2.05) is 0 Å². The fraction of sp³-hybridized carbons (Fsp3) is 0.100. The zero-order chi connectivity index (χ0) is 10.8. The van der Waals surface area contributed by atoms with E-state index in [0.717, 1.165) is 5.39 Å². The van der Waals surface area contributed by atoms with Crippen molar-refractivity contribution in [1.82, 2.24) is 9.97 Å². The molecular weight excluding hydrogens is 216 g/mol. The van der Waals surface area contributed by atoms with Gasteiger partial charge >= 0.3 is 5.97 Å². The first-order chi connectivity index (χ1) is 7.16. The lowest BCUT2D eigenvalue weighted by Gasteiger charge is -2.02. The summed E-state index contributed by atoms with van der Waals surface area (Å²) in [6, 6.07) is 5.01. The molecule has 0 aliphatic carbocycles. The normalized spacial score (nSPS) is 10.3. The van der Waals surface area contributed by atoms with Gasteiger partial charge in [-0.05, 0) is 12.1 Å². The van der Waals surface area contributed by atoms with E-state index in [4.69, 9.17) is 16.3 Å². The highest BCUT2D eigenvalue weighted by molar-refractivity contribution is 6.34. The molecule has 0 saturated heterocycles. The summed E-state index contributed by atoms with van der Waals surface area (Å²) in [5.74, 6) is 0.0827. The van der Waals surface area contributed by atoms with Crippen LogP contribution < -0.4 is 4.74 Å². The molecule has 0 atom stereocenters. The molecule has 0 fully saturated rings. The number of hydrogen-bond acceptors (Lipinski definition) is 4. The van der Waals surface area contributed by atoms with Gasteiger partial charge in [-0.25, -0.2) is 9.97 Å². The topological polar surface area (TPSA) is 52.1 Å². The Balaban J connectivity index is 2.52. The summed E-state index contributed by atoms with van der Waals surface area (Å²) in [5.41, 5.74) is 0.647. The second-order valence-corrected chi connectivity index (χ2v) is 3.30. The predicted octanol–water partition coefficient (Wildman–Crippen LogP) is 2.21. The Morgan fingerprint density at radius 1 is 1.40 bits per heavy atom. The van der Waals surface area contributed by atoms with Crippen LogP contribution in [0.25, 0.3) is 10.9 Å². The molecule has 0 bridgehead atoms. The van der Waals surface area contributed by atoms with Gasteiger partial charge in [0, 0.05) is 18.4 Å². The van der Waals surface area contributed by atoms with Gasteiger partial charge in [0.05, 0.1) is 5.52 Å². The predicted molar refractivity (Wildman–Crippen MR) is 55.9 cm³/mol. The van der Waals surface area contributed by atoms with Crippen molar-refractivity contribution in [3.63, 3.8) is 0 Å². The van der Waals surface area contributed by atoms with Crippen molar-refractivity contribution < 1.29 is 9.53 Å². The molecule has 5 heteroatoms. The van der Waals surface area contributed by atoms with Gasteiger partial charge in [0.25, 0.3) is 0 Å². The van der Waals surface area contributed by atoms with E-state index in [1.54, 1.807) is 18.2 Å². The fourth-order valence-corrected chi connectivity index (χ4v) is 1.44. The Labute approximate surface area is 90.9 Å². The maximum absolute atomic E-state index is 10.7. The first kappa shape index (κ1) is 9.86. The highest BCUT2D eigenvalue weighted by Gasteiger charge is 2.04. The van der Waals surface area contributed by atoms with Crippen LogP contribution in [0.3, 0.4) is 0 Å². The van der Waals surface area contributed by atoms with Crippen molar-refractivity contribution in [3.05, 3.63) is 29.7 Å². The van der Waals surface area contributed by atoms with E-state index >= 15 is 0 Å². The van der Waals surface area contributed by atoms with Crippen LogP contribution in [-0.4, -0.2) is 15.9 Å². The number of aromatic nitrogens is 2. The van der Waals surface area contributed by atoms with Gasteiger partial charge in [0.2, 0.25) is 0 Å². The number of ether oxygens (including phenoxy) is 1. The summed E-state index contributed by atoms with van der Waals surface area (Å²) < 4.78 is 4.92. The van der Waals surface area contributed by atoms with E-state index in [2.05, 4.69) is 9.97 Å². The number of benzene rings is 1. The number of rotatable bonds is 1. The lowest BCUT2D eigenvalue weighted by atomic mass is 10.2. The van der Waals surface area contributed by atoms with Gasteiger partial charge in [-0.2, -0.15) is 0 Å². The maximum Gasteiger partial charge on any atom is 0.308 e. The van der Waals surface area contributed by atoms with E-state index in [9.17, 15) is 4.79 Å². The van der Waals surface area contributed by atoms with Crippen molar-refractivity contribution in [2.75, 3.05) is 0 Å². The van der Waals surface area contributed by atoms with Gasteiger partial charge in [-0.3, -0.25) is 4.79 Å². The summed E-state index contributed by atoms with van der Waals surface area (Å²) in [5, 5.41) is 1.12. The third-order valence-corrected chi connectivity index (χ3v) is 2.12. The van der Waals surface area contributed by atoms with Crippen LogP contribution in [0.5, 0.6) is 5.75 Å². The Morgan fingerprint density at radius 2 is 2.20 bits per heavy atom. The van der Waals surface area contributed by atoms with Gasteiger partial charge in [-0.15, -0.1) is 0 Å². The molecule has 0 N–H and O–H groups in total. The molecule has 15 heavy (non-hydrogen) atoms. The third-order valence-electron chi connectivity index (χ3n) is 1.82. The zero-order valence-electron chi connectivity index (χ0n) is 7.90. The molecule has 0 aliphatic heterocycles. The minimum absolute atomic E-state index is 0.366. The summed E-state index contributed by atoms with van der Waals surface area (Å²) >= 11 is 5.86. The number of nitrogens with zero attached hydrogens (tertiary/aromatic N) is 2. The van der Waals surface area contributed by atoms with Gasteiger partial charge in [-0.1, -0.05) is 11.6 Å². The van der Waals surface area contributed by atoms with E-state index < -0.39 is 0 Å². The van der Waals surface area contributed by atoms with Crippen molar-refractivity contribution in [2.45, 2.75) is 6.92 Å². The summed E-state index contributed by atoms with van der Waals surface area (Å²) in [7, 11) is 0. The third kappa shape index (κ3) is 2.05. The molecule has 0 unspecified atom stereocenters. The molecule has 1 aromatic carbocycles. The first-order valence-corrected chi connectivity index (χ1v) is 4.63. The summed E-state index contributed by atoms with van der Waals surface area (Å²) in [6.07, 6.45) is 1.36. The highest BCUT2D eigenvalue weighted by Crippen LogP contribution is 2.23. The maximum atomic E-state index is 10.7. The Morgan fingerprint density at radius 3 is 2.93 bits per heavy atom. The molecule has 4 nitrogen and oxygen atoms in total. The Bertz CT molecular complexity index is 528. The number of fused-ring (bicyclic) bond motifs is 1. The quantitative estimate of drug-likeness (QED) is 0.422. The van der Waals surface area contributed by atoms with Gasteiger partial charge in [0.15, 0.2) is 0 Å². The lowest BCUT2D eigenvalue weighted by molar-refractivity contribution is -0.131. The molecule has 1 heterocycles. The molecular formula is C10H7ClN2O2. The van der Waals surface area contributed by atoms with E-state index in [-0.39, 0.29) is 5.97 Å². The van der Waals surface area contributed by atoms with Crippen LogP contribution in [0.2, 0.25) is 5.15 Å². The van der Waals surface area contributed by atoms with Gasteiger partial charge < -0.3 is 4.74 Å². The summed E-state index contributed by atoms with van der Waals surface area (Å²) in [4.78, 5) is 18.6. The van der Waals surface area contributed by atoms with E-state index in [1.165, 1.54) is 13.3 Å². The second-order valence-electron chi connectivity index (χ2n) is 2.94. The Kier molecular flexibility index (Phi) is 2.51. The minimum Gasteiger partial charge on any atom is -0.427 e. The van der Waals surface area contributed by atoms with Crippen LogP contribution in [0.4, 0.5) is 0 Å². The molecule has 2 rings (SSSR count). The molecule has 0 amide bonds. The molecule has 1 aromatic heterocycles. The molecule has 0 saturated carbocycles. The smallest absolute Gasteiger partial charge is 0.308 e. The first-order valence-electron chi connectivity index (χ1n) is 4.25. The molecule has 0 radical (unpaired) electrons. The minimum atomic E-state index is -0.366. The number of halogens is 1. The van der Waals surface area contributed by atoms with E-state index in [0.29, 0.717) is 16.4 Å². The van der Waals surface area contributed by atoms with Crippen LogP contribution in [0.15, 0.2) is 24.5 Å². The molecule has 0 aliphatic rings. The Hall–Kier alpha value is -1.68. The lowest BCUT2D eigenvalue weighted by Crippen LogP contribution is -2.01. The van der Waals surface area contributed by atoms with Crippen LogP contribution in [0.1, 0.15) is 6.92 Å². The van der Waals surface area contributed by atoms with Crippen molar-refractivity contribution in [2.24, 2.45) is 0 Å². The van der Waals surface area contributed by atoms with Crippen LogP contribution >= 0.6 is 11.6 Å². The largest absolute Gasteiger partial charge is 0.427 e. The monoisotopic (exact) mass is 222 g/mol. The molecule has 76 valence electrons.